The van der Waals surface area contributed by atoms with Crippen LogP contribution in [0.2, 0.25) is 0 Å². The maximum absolute atomic E-state index is 12.0. The zero-order valence-corrected chi connectivity index (χ0v) is 12.1. The third kappa shape index (κ3) is 3.11. The first-order chi connectivity index (χ1) is 8.47. The number of hydrogen-bond donors (Lipinski definition) is 0. The summed E-state index contributed by atoms with van der Waals surface area (Å²) in [4.78, 5) is 0.187. The van der Waals surface area contributed by atoms with Crippen molar-refractivity contribution < 1.29 is 8.42 Å². The van der Waals surface area contributed by atoms with Crippen molar-refractivity contribution in [2.45, 2.75) is 11.8 Å². The van der Waals surface area contributed by atoms with Gasteiger partial charge in [-0.3, -0.25) is 0 Å². The topological polar surface area (TPSA) is 48.2 Å². The minimum absolute atomic E-state index is 0.187. The molecule has 2 rings (SSSR count). The average Bonchev–Trinajstić information content (AvgIpc) is 2.29. The smallest absolute Gasteiger partial charge is 0.123 e. The first kappa shape index (κ1) is 13.1. The molecule has 0 aromatic heterocycles. The molecule has 0 radical (unpaired) electrons. The normalized spacial score (nSPS) is 11.2. The molecule has 0 fully saturated rings. The van der Waals surface area contributed by atoms with Crippen LogP contribution in [0.3, 0.4) is 0 Å². The van der Waals surface area contributed by atoms with Gasteiger partial charge in [0, 0.05) is 4.47 Å². The van der Waals surface area contributed by atoms with Crippen LogP contribution in [0.5, 0.6) is 0 Å². The monoisotopic (exact) mass is 324 g/mol. The molecule has 2 aromatic carbocycles. The molecule has 0 aliphatic heterocycles. The Balaban J connectivity index is 2.30. The Hall–Kier alpha value is -1.33. The summed E-state index contributed by atoms with van der Waals surface area (Å²) in [5, 5.41) is 0. The molecule has 0 heterocycles. The highest BCUT2D eigenvalue weighted by Crippen LogP contribution is 2.28. The Morgan fingerprint density at radius 3 is 2.33 bits per heavy atom. The number of rotatable bonds is 3. The second-order valence-electron chi connectivity index (χ2n) is 3.86. The number of nitrogens with zero attached hydrogens (tertiary/aromatic N) is 1. The summed E-state index contributed by atoms with van der Waals surface area (Å²) in [6.45, 7) is 1.89. The Bertz CT molecular complexity index is 651. The van der Waals surface area contributed by atoms with Gasteiger partial charge >= 0.3 is 0 Å². The van der Waals surface area contributed by atoms with Gasteiger partial charge in [-0.15, -0.1) is 5.69 Å². The molecular weight excluding hydrogens is 314 g/mol. The van der Waals surface area contributed by atoms with Crippen molar-refractivity contribution >= 4 is 31.6 Å². The quantitative estimate of drug-likeness (QED) is 0.851. The second-order valence-corrected chi connectivity index (χ2v) is 6.38. The minimum Gasteiger partial charge on any atom is -0.573 e. The van der Waals surface area contributed by atoms with E-state index < -0.39 is 10.0 Å². The van der Waals surface area contributed by atoms with Crippen LogP contribution in [0.15, 0.2) is 57.9 Å². The molecule has 5 heteroatoms. The van der Waals surface area contributed by atoms with Gasteiger partial charge in [0.1, 0.15) is 10.0 Å². The lowest BCUT2D eigenvalue weighted by molar-refractivity contribution is 0.603. The summed E-state index contributed by atoms with van der Waals surface area (Å²) in [6.07, 6.45) is 0. The molecule has 0 amide bonds. The van der Waals surface area contributed by atoms with E-state index in [9.17, 15) is 8.42 Å². The number of sulfonamides is 1. The fourth-order valence-electron chi connectivity index (χ4n) is 1.48. The molecule has 0 bridgehead atoms. The lowest BCUT2D eigenvalue weighted by Crippen LogP contribution is -1.97. The molecule has 0 saturated heterocycles. The summed E-state index contributed by atoms with van der Waals surface area (Å²) < 4.78 is 28.7. The molecule has 0 aliphatic carbocycles. The highest BCUT2D eigenvalue weighted by molar-refractivity contribution is 9.10. The van der Waals surface area contributed by atoms with Gasteiger partial charge in [-0.05, 0) is 31.2 Å². The van der Waals surface area contributed by atoms with Gasteiger partial charge < -0.3 is 4.72 Å². The fourth-order valence-corrected chi connectivity index (χ4v) is 2.72. The maximum Gasteiger partial charge on any atom is 0.123 e. The maximum atomic E-state index is 12.0. The Labute approximate surface area is 115 Å². The van der Waals surface area contributed by atoms with E-state index in [1.807, 2.05) is 13.0 Å². The van der Waals surface area contributed by atoms with E-state index in [0.29, 0.717) is 5.69 Å². The zero-order valence-electron chi connectivity index (χ0n) is 9.67. The molecule has 94 valence electrons. The summed E-state index contributed by atoms with van der Waals surface area (Å²) in [5.74, 6) is 0. The van der Waals surface area contributed by atoms with Crippen LogP contribution < -0.4 is 0 Å². The van der Waals surface area contributed by atoms with Gasteiger partial charge in [-0.2, -0.15) is 0 Å². The summed E-state index contributed by atoms with van der Waals surface area (Å²) >= 11 is 3.26. The molecule has 0 aliphatic rings. The minimum atomic E-state index is -3.64. The Morgan fingerprint density at radius 2 is 1.72 bits per heavy atom. The number of benzene rings is 2. The van der Waals surface area contributed by atoms with E-state index in [2.05, 4.69) is 20.7 Å². The van der Waals surface area contributed by atoms with Crippen molar-refractivity contribution in [1.29, 1.82) is 0 Å². The van der Waals surface area contributed by atoms with Crippen LogP contribution in [0, 0.1) is 6.92 Å². The predicted octanol–water partition coefficient (Wildman–Crippen LogP) is 4.15. The summed E-state index contributed by atoms with van der Waals surface area (Å²) in [7, 11) is -3.64. The standard InChI is InChI=1S/C13H11BrNO2S/c1-10-3-2-4-12(9-10)15-18(16,17)13-7-5-11(14)6-8-13/h2-9H,1H3/q-1. The third-order valence-electron chi connectivity index (χ3n) is 2.34. The number of halogens is 1. The molecule has 18 heavy (non-hydrogen) atoms. The van der Waals surface area contributed by atoms with E-state index >= 15 is 0 Å². The molecule has 3 nitrogen and oxygen atoms in total. The Morgan fingerprint density at radius 1 is 1.06 bits per heavy atom. The van der Waals surface area contributed by atoms with Crippen LogP contribution in [0.4, 0.5) is 5.69 Å². The van der Waals surface area contributed by atoms with Crippen molar-refractivity contribution in [1.82, 2.24) is 0 Å². The van der Waals surface area contributed by atoms with Crippen molar-refractivity contribution in [3.63, 3.8) is 0 Å². The summed E-state index contributed by atoms with van der Waals surface area (Å²) in [6, 6.07) is 13.5. The van der Waals surface area contributed by atoms with Crippen LogP contribution >= 0.6 is 15.9 Å². The third-order valence-corrected chi connectivity index (χ3v) is 4.19. The fraction of sp³-hybridized carbons (Fsp3) is 0.0769. The first-order valence-corrected chi connectivity index (χ1v) is 7.51. The van der Waals surface area contributed by atoms with E-state index in [0.717, 1.165) is 10.0 Å². The highest BCUT2D eigenvalue weighted by Gasteiger charge is 2.04. The van der Waals surface area contributed by atoms with Gasteiger partial charge in [0.15, 0.2) is 0 Å². The first-order valence-electron chi connectivity index (χ1n) is 5.28. The van der Waals surface area contributed by atoms with E-state index in [4.69, 9.17) is 0 Å². The van der Waals surface area contributed by atoms with Gasteiger partial charge in [-0.1, -0.05) is 45.8 Å². The van der Waals surface area contributed by atoms with Gasteiger partial charge in [0.25, 0.3) is 0 Å². The van der Waals surface area contributed by atoms with E-state index in [1.54, 1.807) is 30.3 Å². The predicted molar refractivity (Wildman–Crippen MR) is 75.5 cm³/mol. The molecular formula is C13H11BrNO2S-. The van der Waals surface area contributed by atoms with Crippen molar-refractivity contribution in [2.24, 2.45) is 0 Å². The van der Waals surface area contributed by atoms with Crippen LogP contribution in [-0.2, 0) is 10.0 Å². The van der Waals surface area contributed by atoms with E-state index in [1.165, 1.54) is 12.1 Å². The van der Waals surface area contributed by atoms with Crippen LogP contribution in [0.25, 0.3) is 4.72 Å². The largest absolute Gasteiger partial charge is 0.573 e. The van der Waals surface area contributed by atoms with Gasteiger partial charge in [-0.25, -0.2) is 8.42 Å². The SMILES string of the molecule is Cc1cccc([N-]S(=O)(=O)c2ccc(Br)cc2)c1. The van der Waals surface area contributed by atoms with Crippen molar-refractivity contribution in [3.8, 4) is 0 Å². The second kappa shape index (κ2) is 5.12. The van der Waals surface area contributed by atoms with Gasteiger partial charge in [0.05, 0.1) is 4.90 Å². The molecule has 0 spiro atoms. The lowest BCUT2D eigenvalue weighted by atomic mass is 10.2. The van der Waals surface area contributed by atoms with Gasteiger partial charge in [0.2, 0.25) is 0 Å². The average molecular weight is 325 g/mol. The Kier molecular flexibility index (Phi) is 3.73. The molecule has 0 unspecified atom stereocenters. The highest BCUT2D eigenvalue weighted by atomic mass is 79.9. The molecule has 0 saturated carbocycles. The number of aryl methyl sites for hydroxylation is 1. The van der Waals surface area contributed by atoms with Crippen molar-refractivity contribution in [3.05, 3.63) is 63.3 Å². The van der Waals surface area contributed by atoms with Crippen LogP contribution in [-0.4, -0.2) is 8.42 Å². The zero-order chi connectivity index (χ0) is 13.2. The molecule has 0 atom stereocenters. The number of hydrogen-bond acceptors (Lipinski definition) is 2. The summed E-state index contributed by atoms with van der Waals surface area (Å²) in [5.41, 5.74) is 1.42. The van der Waals surface area contributed by atoms with Crippen molar-refractivity contribution in [2.75, 3.05) is 0 Å². The van der Waals surface area contributed by atoms with Crippen LogP contribution in [0.1, 0.15) is 5.56 Å². The molecule has 2 aromatic rings. The molecule has 0 N–H and O–H groups in total. The van der Waals surface area contributed by atoms with E-state index in [-0.39, 0.29) is 4.90 Å². The lowest BCUT2D eigenvalue weighted by Gasteiger charge is -2.22.